The summed E-state index contributed by atoms with van der Waals surface area (Å²) in [5, 5.41) is 7.10. The number of hydrazone groups is 1. The molecular weight excluding hydrogens is 489 g/mol. The molecular formula is C17H16Br2ClN3O3. The van der Waals surface area contributed by atoms with E-state index in [1.807, 2.05) is 13.8 Å². The second-order valence-electron chi connectivity index (χ2n) is 5.71. The standard InChI is InChI=1S/C17H16Br2ClN3O3/c1-9(2)14(22-16(24)10-3-5-11(20)6-4-10)17(25)23-21-8-12-7-13(18)15(19)26-12/h3-9,14H,1-2H3,(H,22,24)(H,23,25)/b21-8-. The molecule has 1 heterocycles. The largest absolute Gasteiger partial charge is 0.447 e. The average Bonchev–Trinajstić information content (AvgIpc) is 2.90. The number of nitrogens with zero attached hydrogens (tertiary/aromatic N) is 1. The van der Waals surface area contributed by atoms with Gasteiger partial charge in [-0.2, -0.15) is 5.10 Å². The van der Waals surface area contributed by atoms with Gasteiger partial charge in [0.05, 0.1) is 10.7 Å². The Morgan fingerprint density at radius 1 is 1.23 bits per heavy atom. The van der Waals surface area contributed by atoms with Gasteiger partial charge >= 0.3 is 0 Å². The van der Waals surface area contributed by atoms with Gasteiger partial charge in [0.1, 0.15) is 11.8 Å². The topological polar surface area (TPSA) is 83.7 Å². The van der Waals surface area contributed by atoms with E-state index in [1.165, 1.54) is 6.21 Å². The van der Waals surface area contributed by atoms with E-state index in [0.717, 1.165) is 4.47 Å². The smallest absolute Gasteiger partial charge is 0.262 e. The number of benzene rings is 1. The van der Waals surface area contributed by atoms with Crippen molar-refractivity contribution >= 4 is 61.5 Å². The summed E-state index contributed by atoms with van der Waals surface area (Å²) >= 11 is 12.3. The van der Waals surface area contributed by atoms with E-state index < -0.39 is 11.9 Å². The van der Waals surface area contributed by atoms with Crippen molar-refractivity contribution in [1.82, 2.24) is 10.7 Å². The van der Waals surface area contributed by atoms with Crippen molar-refractivity contribution in [3.8, 4) is 0 Å². The van der Waals surface area contributed by atoms with Crippen molar-refractivity contribution in [2.75, 3.05) is 0 Å². The highest BCUT2D eigenvalue weighted by atomic mass is 79.9. The summed E-state index contributed by atoms with van der Waals surface area (Å²) < 4.78 is 6.59. The van der Waals surface area contributed by atoms with Crippen LogP contribution in [-0.4, -0.2) is 24.1 Å². The van der Waals surface area contributed by atoms with Gasteiger partial charge in [0.15, 0.2) is 4.67 Å². The molecule has 6 nitrogen and oxygen atoms in total. The van der Waals surface area contributed by atoms with Crippen LogP contribution in [0, 0.1) is 5.92 Å². The molecule has 2 N–H and O–H groups in total. The summed E-state index contributed by atoms with van der Waals surface area (Å²) in [6, 6.07) is 7.37. The number of carbonyl (C=O) groups is 2. The van der Waals surface area contributed by atoms with Crippen LogP contribution in [0.25, 0.3) is 0 Å². The fourth-order valence-corrected chi connectivity index (χ4v) is 2.75. The first-order valence-electron chi connectivity index (χ1n) is 7.62. The Bertz CT molecular complexity index is 800. The van der Waals surface area contributed by atoms with Gasteiger partial charge in [-0.15, -0.1) is 0 Å². The van der Waals surface area contributed by atoms with Crippen LogP contribution in [0.1, 0.15) is 30.0 Å². The summed E-state index contributed by atoms with van der Waals surface area (Å²) in [5.74, 6) is -0.467. The maximum absolute atomic E-state index is 12.4. The zero-order valence-corrected chi connectivity index (χ0v) is 17.9. The van der Waals surface area contributed by atoms with Crippen molar-refractivity contribution in [3.05, 3.63) is 55.8 Å². The molecule has 0 spiro atoms. The van der Waals surface area contributed by atoms with Gasteiger partial charge in [0.2, 0.25) is 0 Å². The predicted octanol–water partition coefficient (Wildman–Crippen LogP) is 4.36. The Balaban J connectivity index is 2.00. The van der Waals surface area contributed by atoms with Crippen LogP contribution < -0.4 is 10.7 Å². The van der Waals surface area contributed by atoms with Gasteiger partial charge in [-0.05, 0) is 62.0 Å². The molecule has 2 amide bonds. The second kappa shape index (κ2) is 9.34. The minimum atomic E-state index is -0.745. The normalized spacial score (nSPS) is 12.4. The molecule has 0 saturated heterocycles. The third kappa shape index (κ3) is 5.69. The molecule has 2 rings (SSSR count). The van der Waals surface area contributed by atoms with E-state index in [0.29, 0.717) is 21.0 Å². The number of furan rings is 1. The van der Waals surface area contributed by atoms with Crippen molar-refractivity contribution in [1.29, 1.82) is 0 Å². The number of nitrogens with one attached hydrogen (secondary N) is 2. The third-order valence-corrected chi connectivity index (χ3v) is 5.34. The van der Waals surface area contributed by atoms with Crippen LogP contribution in [0.5, 0.6) is 0 Å². The maximum atomic E-state index is 12.4. The number of hydrogen-bond acceptors (Lipinski definition) is 4. The zero-order valence-electron chi connectivity index (χ0n) is 13.9. The van der Waals surface area contributed by atoms with Crippen LogP contribution in [0.2, 0.25) is 5.02 Å². The zero-order chi connectivity index (χ0) is 19.3. The fraction of sp³-hybridized carbons (Fsp3) is 0.235. The summed E-state index contributed by atoms with van der Waals surface area (Å²) in [6.07, 6.45) is 1.37. The number of hydrogen-bond donors (Lipinski definition) is 2. The van der Waals surface area contributed by atoms with E-state index in [2.05, 4.69) is 47.7 Å². The molecule has 1 aromatic carbocycles. The molecule has 1 aromatic heterocycles. The van der Waals surface area contributed by atoms with Gasteiger partial charge in [-0.1, -0.05) is 25.4 Å². The highest BCUT2D eigenvalue weighted by Crippen LogP contribution is 2.25. The third-order valence-electron chi connectivity index (χ3n) is 3.37. The molecule has 26 heavy (non-hydrogen) atoms. The second-order valence-corrected chi connectivity index (χ2v) is 7.72. The van der Waals surface area contributed by atoms with Crippen LogP contribution in [-0.2, 0) is 4.79 Å². The van der Waals surface area contributed by atoms with E-state index in [-0.39, 0.29) is 11.8 Å². The maximum Gasteiger partial charge on any atom is 0.262 e. The van der Waals surface area contributed by atoms with Crippen LogP contribution in [0.3, 0.4) is 0 Å². The highest BCUT2D eigenvalue weighted by molar-refractivity contribution is 9.13. The molecule has 0 radical (unpaired) electrons. The number of carbonyl (C=O) groups excluding carboxylic acids is 2. The molecule has 1 atom stereocenters. The van der Waals surface area contributed by atoms with Gasteiger partial charge < -0.3 is 9.73 Å². The average molecular weight is 506 g/mol. The summed E-state index contributed by atoms with van der Waals surface area (Å²) in [7, 11) is 0. The first-order valence-corrected chi connectivity index (χ1v) is 9.58. The Labute approximate surface area is 172 Å². The minimum absolute atomic E-state index is 0.131. The van der Waals surface area contributed by atoms with E-state index in [9.17, 15) is 9.59 Å². The molecule has 0 aliphatic carbocycles. The van der Waals surface area contributed by atoms with Crippen molar-refractivity contribution in [3.63, 3.8) is 0 Å². The Kier molecular flexibility index (Phi) is 7.43. The first-order chi connectivity index (χ1) is 12.3. The molecule has 0 saturated carbocycles. The summed E-state index contributed by atoms with van der Waals surface area (Å²) in [4.78, 5) is 24.7. The van der Waals surface area contributed by atoms with E-state index in [4.69, 9.17) is 16.0 Å². The van der Waals surface area contributed by atoms with Crippen LogP contribution >= 0.6 is 43.5 Å². The van der Waals surface area contributed by atoms with Gasteiger partial charge in [0, 0.05) is 16.7 Å². The van der Waals surface area contributed by atoms with Crippen LogP contribution in [0.4, 0.5) is 0 Å². The van der Waals surface area contributed by atoms with Crippen molar-refractivity contribution < 1.29 is 14.0 Å². The SMILES string of the molecule is CC(C)C(NC(=O)c1ccc(Cl)cc1)C(=O)N/N=C\c1cc(Br)c(Br)o1. The molecule has 0 aliphatic heterocycles. The fourth-order valence-electron chi connectivity index (χ4n) is 2.02. The molecule has 1 unspecified atom stereocenters. The predicted molar refractivity (Wildman–Crippen MR) is 107 cm³/mol. The molecule has 138 valence electrons. The first kappa shape index (κ1) is 20.7. The number of amides is 2. The Morgan fingerprint density at radius 2 is 1.88 bits per heavy atom. The Morgan fingerprint density at radius 3 is 2.42 bits per heavy atom. The van der Waals surface area contributed by atoms with Crippen LogP contribution in [0.15, 0.2) is 49.0 Å². The van der Waals surface area contributed by atoms with Gasteiger partial charge in [-0.25, -0.2) is 5.43 Å². The quantitative estimate of drug-likeness (QED) is 0.452. The highest BCUT2D eigenvalue weighted by Gasteiger charge is 2.24. The van der Waals surface area contributed by atoms with Gasteiger partial charge in [-0.3, -0.25) is 9.59 Å². The molecule has 0 fully saturated rings. The van der Waals surface area contributed by atoms with Crippen molar-refractivity contribution in [2.24, 2.45) is 11.0 Å². The monoisotopic (exact) mass is 503 g/mol. The lowest BCUT2D eigenvalue weighted by Crippen LogP contribution is -2.48. The lowest BCUT2D eigenvalue weighted by molar-refractivity contribution is -0.123. The Hall–Kier alpha value is -1.64. The van der Waals surface area contributed by atoms with E-state index in [1.54, 1.807) is 30.3 Å². The minimum Gasteiger partial charge on any atom is -0.447 e. The van der Waals surface area contributed by atoms with Gasteiger partial charge in [0.25, 0.3) is 11.8 Å². The molecule has 9 heteroatoms. The molecule has 2 aromatic rings. The lowest BCUT2D eigenvalue weighted by atomic mass is 10.0. The summed E-state index contributed by atoms with van der Waals surface area (Å²) in [5.41, 5.74) is 2.83. The number of rotatable bonds is 6. The molecule has 0 aliphatic rings. The molecule has 0 bridgehead atoms. The summed E-state index contributed by atoms with van der Waals surface area (Å²) in [6.45, 7) is 3.66. The number of halogens is 3. The van der Waals surface area contributed by atoms with E-state index >= 15 is 0 Å². The lowest BCUT2D eigenvalue weighted by Gasteiger charge is -2.20. The van der Waals surface area contributed by atoms with Crippen molar-refractivity contribution in [2.45, 2.75) is 19.9 Å².